The topological polar surface area (TPSA) is 34.9 Å². The molecule has 0 saturated carbocycles. The van der Waals surface area contributed by atoms with Crippen molar-refractivity contribution in [3.8, 4) is 16.8 Å². The van der Waals surface area contributed by atoms with Gasteiger partial charge in [-0.05, 0) is 59.7 Å². The molecule has 0 unspecified atom stereocenters. The Balaban J connectivity index is 1.80. The van der Waals surface area contributed by atoms with Crippen molar-refractivity contribution in [3.63, 3.8) is 0 Å². The lowest BCUT2D eigenvalue weighted by Crippen LogP contribution is -2.18. The fourth-order valence-electron chi connectivity index (χ4n) is 4.04. The van der Waals surface area contributed by atoms with E-state index in [1.54, 1.807) is 18.2 Å². The molecule has 0 fully saturated rings. The molecule has 3 nitrogen and oxygen atoms in total. The molecule has 3 aromatic carbocycles. The van der Waals surface area contributed by atoms with Gasteiger partial charge in [0.25, 0.3) is 5.56 Å². The molecule has 0 atom stereocenters. The lowest BCUT2D eigenvalue weighted by atomic mass is 10.00. The molecule has 2 heterocycles. The fourth-order valence-corrected chi connectivity index (χ4v) is 4.04. The van der Waals surface area contributed by atoms with Gasteiger partial charge in [0.2, 0.25) is 0 Å². The van der Waals surface area contributed by atoms with Crippen molar-refractivity contribution >= 4 is 21.8 Å². The molecule has 0 N–H and O–H groups in total. The van der Waals surface area contributed by atoms with E-state index in [-0.39, 0.29) is 5.69 Å². The zero-order valence-electron chi connectivity index (χ0n) is 17.7. The number of pyridine rings is 2. The molecular weight excluding hydrogens is 470 g/mol. The van der Waals surface area contributed by atoms with Crippen molar-refractivity contribution in [2.45, 2.75) is 12.4 Å². The van der Waals surface area contributed by atoms with Crippen LogP contribution in [0.25, 0.3) is 38.6 Å². The summed E-state index contributed by atoms with van der Waals surface area (Å²) in [5, 5.41) is 0.892. The van der Waals surface area contributed by atoms with E-state index in [2.05, 4.69) is 4.98 Å². The summed E-state index contributed by atoms with van der Waals surface area (Å²) in [5.41, 5.74) is -0.822. The zero-order chi connectivity index (χ0) is 25.0. The first-order chi connectivity index (χ1) is 16.5. The SMILES string of the molecule is O=c1ccc2cnc3ccc(-c4cccc(C(F)(F)F)c4)cc3c2n1-c1cccc(C(F)(F)F)c1. The molecule has 0 aliphatic carbocycles. The van der Waals surface area contributed by atoms with Gasteiger partial charge in [-0.15, -0.1) is 0 Å². The third-order valence-electron chi connectivity index (χ3n) is 5.67. The molecule has 0 aliphatic rings. The van der Waals surface area contributed by atoms with Gasteiger partial charge in [-0.1, -0.05) is 24.3 Å². The number of aromatic nitrogens is 2. The maximum Gasteiger partial charge on any atom is 0.416 e. The predicted molar refractivity (Wildman–Crippen MR) is 120 cm³/mol. The summed E-state index contributed by atoms with van der Waals surface area (Å²) in [6.07, 6.45) is -7.64. The largest absolute Gasteiger partial charge is 0.416 e. The van der Waals surface area contributed by atoms with Crippen LogP contribution in [-0.4, -0.2) is 9.55 Å². The van der Waals surface area contributed by atoms with Crippen LogP contribution in [0.2, 0.25) is 0 Å². The van der Waals surface area contributed by atoms with Crippen molar-refractivity contribution in [3.05, 3.63) is 107 Å². The van der Waals surface area contributed by atoms with E-state index in [1.165, 1.54) is 42.6 Å². The summed E-state index contributed by atoms with van der Waals surface area (Å²) < 4.78 is 80.8. The second-order valence-corrected chi connectivity index (χ2v) is 7.93. The quantitative estimate of drug-likeness (QED) is 0.196. The van der Waals surface area contributed by atoms with Crippen molar-refractivity contribution < 1.29 is 26.3 Å². The molecule has 5 aromatic rings. The summed E-state index contributed by atoms with van der Waals surface area (Å²) in [6.45, 7) is 0. The van der Waals surface area contributed by atoms with Gasteiger partial charge in [-0.2, -0.15) is 26.3 Å². The minimum Gasteiger partial charge on any atom is -0.276 e. The molecule has 0 radical (unpaired) electrons. The molecule has 5 rings (SSSR count). The van der Waals surface area contributed by atoms with Gasteiger partial charge in [-0.25, -0.2) is 0 Å². The maximum atomic E-state index is 13.3. The first-order valence-corrected chi connectivity index (χ1v) is 10.3. The molecule has 0 amide bonds. The molecule has 0 bridgehead atoms. The van der Waals surface area contributed by atoms with Crippen molar-refractivity contribution in [1.82, 2.24) is 9.55 Å². The van der Waals surface area contributed by atoms with Crippen molar-refractivity contribution in [2.75, 3.05) is 0 Å². The van der Waals surface area contributed by atoms with Gasteiger partial charge >= 0.3 is 12.4 Å². The van der Waals surface area contributed by atoms with Gasteiger partial charge in [0.15, 0.2) is 0 Å². The summed E-state index contributed by atoms with van der Waals surface area (Å²) in [4.78, 5) is 17.2. The van der Waals surface area contributed by atoms with Crippen molar-refractivity contribution in [2.24, 2.45) is 0 Å². The van der Waals surface area contributed by atoms with Crippen LogP contribution in [0.15, 0.2) is 89.9 Å². The van der Waals surface area contributed by atoms with Crippen LogP contribution in [0.4, 0.5) is 26.3 Å². The normalized spacial score (nSPS) is 12.4. The highest BCUT2D eigenvalue weighted by Gasteiger charge is 2.31. The van der Waals surface area contributed by atoms with E-state index < -0.39 is 29.0 Å². The summed E-state index contributed by atoms with van der Waals surface area (Å²) in [7, 11) is 0. The van der Waals surface area contributed by atoms with Crippen LogP contribution in [-0.2, 0) is 12.4 Å². The van der Waals surface area contributed by atoms with Crippen LogP contribution in [0, 0.1) is 0 Å². The zero-order valence-corrected chi connectivity index (χ0v) is 17.7. The third kappa shape index (κ3) is 4.14. The van der Waals surface area contributed by atoms with E-state index in [0.29, 0.717) is 32.9 Å². The standard InChI is InChI=1S/C26H14F6N2O/c27-25(28,29)18-4-1-3-15(11-18)16-7-9-22-21(12-16)24-17(14-33-22)8-10-23(35)34(24)20-6-2-5-19(13-20)26(30,31)32/h1-14H. The van der Waals surface area contributed by atoms with Gasteiger partial charge in [0, 0.05) is 28.7 Å². The number of fused-ring (bicyclic) bond motifs is 3. The van der Waals surface area contributed by atoms with E-state index in [4.69, 9.17) is 0 Å². The third-order valence-corrected chi connectivity index (χ3v) is 5.67. The molecule has 176 valence electrons. The molecule has 0 saturated heterocycles. The Morgan fingerprint density at radius 1 is 0.686 bits per heavy atom. The number of alkyl halides is 6. The van der Waals surface area contributed by atoms with Gasteiger partial charge < -0.3 is 0 Å². The second kappa shape index (κ2) is 7.97. The Labute approximate surface area is 193 Å². The lowest BCUT2D eigenvalue weighted by Gasteiger charge is -2.15. The summed E-state index contributed by atoms with van der Waals surface area (Å²) >= 11 is 0. The van der Waals surface area contributed by atoms with E-state index in [1.807, 2.05) is 0 Å². The first kappa shape index (κ1) is 22.6. The average Bonchev–Trinajstić information content (AvgIpc) is 2.82. The number of hydrogen-bond donors (Lipinski definition) is 0. The monoisotopic (exact) mass is 484 g/mol. The Morgan fingerprint density at radius 3 is 2.06 bits per heavy atom. The van der Waals surface area contributed by atoms with Crippen LogP contribution in [0.1, 0.15) is 11.1 Å². The van der Waals surface area contributed by atoms with E-state index >= 15 is 0 Å². The molecular formula is C26H14F6N2O. The molecule has 0 spiro atoms. The van der Waals surface area contributed by atoms with Gasteiger partial charge in [-0.3, -0.25) is 14.3 Å². The van der Waals surface area contributed by atoms with Gasteiger partial charge in [0.1, 0.15) is 0 Å². The van der Waals surface area contributed by atoms with E-state index in [9.17, 15) is 31.1 Å². The Bertz CT molecular complexity index is 1650. The minimum atomic E-state index is -4.61. The Kier molecular flexibility index (Phi) is 5.16. The van der Waals surface area contributed by atoms with Crippen LogP contribution in [0.5, 0.6) is 0 Å². The number of halogens is 6. The first-order valence-electron chi connectivity index (χ1n) is 10.3. The van der Waals surface area contributed by atoms with E-state index in [0.717, 1.165) is 28.8 Å². The maximum absolute atomic E-state index is 13.3. The Morgan fingerprint density at radius 2 is 1.34 bits per heavy atom. The summed E-state index contributed by atoms with van der Waals surface area (Å²) in [5.74, 6) is 0. The average molecular weight is 484 g/mol. The molecule has 2 aromatic heterocycles. The summed E-state index contributed by atoms with van der Waals surface area (Å²) in [6, 6.07) is 16.7. The number of rotatable bonds is 2. The predicted octanol–water partition coefficient (Wildman–Crippen LogP) is 7.24. The number of hydrogen-bond acceptors (Lipinski definition) is 2. The molecule has 0 aliphatic heterocycles. The number of benzene rings is 3. The van der Waals surface area contributed by atoms with Crippen LogP contribution < -0.4 is 5.56 Å². The highest BCUT2D eigenvalue weighted by molar-refractivity contribution is 6.05. The van der Waals surface area contributed by atoms with Crippen LogP contribution in [0.3, 0.4) is 0 Å². The fraction of sp³-hybridized carbons (Fsp3) is 0.0769. The highest BCUT2D eigenvalue weighted by Crippen LogP contribution is 2.35. The molecule has 35 heavy (non-hydrogen) atoms. The smallest absolute Gasteiger partial charge is 0.276 e. The van der Waals surface area contributed by atoms with Crippen LogP contribution >= 0.6 is 0 Å². The number of nitrogens with zero attached hydrogens (tertiary/aromatic N) is 2. The van der Waals surface area contributed by atoms with Crippen molar-refractivity contribution in [1.29, 1.82) is 0 Å². The van der Waals surface area contributed by atoms with Gasteiger partial charge in [0.05, 0.1) is 22.2 Å². The highest BCUT2D eigenvalue weighted by atomic mass is 19.4. The second-order valence-electron chi connectivity index (χ2n) is 7.93. The lowest BCUT2D eigenvalue weighted by molar-refractivity contribution is -0.138. The Hall–Kier alpha value is -4.14. The molecule has 9 heteroatoms. The minimum absolute atomic E-state index is 0.00685.